The Bertz CT molecular complexity index is 613. The van der Waals surface area contributed by atoms with Crippen molar-refractivity contribution in [2.75, 3.05) is 0 Å². The lowest BCUT2D eigenvalue weighted by Gasteiger charge is -2.23. The van der Waals surface area contributed by atoms with Crippen molar-refractivity contribution in [1.82, 2.24) is 0 Å². The Hall–Kier alpha value is -2.17. The lowest BCUT2D eigenvalue weighted by atomic mass is 9.98. The number of hydrogen-bond acceptors (Lipinski definition) is 4. The summed E-state index contributed by atoms with van der Waals surface area (Å²) in [6.07, 6.45) is -2.11. The van der Waals surface area contributed by atoms with E-state index in [4.69, 9.17) is 16.3 Å². The van der Waals surface area contributed by atoms with Crippen LogP contribution in [0.2, 0.25) is 0 Å². The Morgan fingerprint density at radius 3 is 1.86 bits per heavy atom. The van der Waals surface area contributed by atoms with Crippen molar-refractivity contribution >= 4 is 22.8 Å². The minimum atomic E-state index is -1.23. The van der Waals surface area contributed by atoms with E-state index in [0.717, 1.165) is 0 Å². The summed E-state index contributed by atoms with van der Waals surface area (Å²) in [7, 11) is 0. The Kier molecular flexibility index (Phi) is 5.09. The summed E-state index contributed by atoms with van der Waals surface area (Å²) in [6, 6.07) is 17.4. The molecule has 0 aromatic heterocycles. The van der Waals surface area contributed by atoms with Gasteiger partial charge in [-0.2, -0.15) is 0 Å². The van der Waals surface area contributed by atoms with Crippen LogP contribution in [0, 0.1) is 0 Å². The highest BCUT2D eigenvalue weighted by atomic mass is 35.5. The topological polar surface area (TPSA) is 63.6 Å². The molecule has 2 rings (SSSR count). The maximum Gasteiger partial charge on any atom is 0.392 e. The maximum atomic E-state index is 11.4. The van der Waals surface area contributed by atoms with Crippen molar-refractivity contribution < 1.29 is 19.4 Å². The van der Waals surface area contributed by atoms with Gasteiger partial charge in [-0.3, -0.25) is 4.79 Å². The van der Waals surface area contributed by atoms with Crippen LogP contribution in [-0.4, -0.2) is 16.3 Å². The Labute approximate surface area is 126 Å². The number of aliphatic hydroxyl groups excluding tert-OH is 1. The first-order valence-corrected chi connectivity index (χ1v) is 6.66. The zero-order chi connectivity index (χ0) is 15.2. The number of carbonyl (C=O) groups is 2. The molecule has 0 unspecified atom stereocenters. The molecule has 0 radical (unpaired) electrons. The van der Waals surface area contributed by atoms with Crippen molar-refractivity contribution in [3.63, 3.8) is 0 Å². The molecule has 0 spiro atoms. The van der Waals surface area contributed by atoms with Gasteiger partial charge in [0.05, 0.1) is 0 Å². The number of rotatable bonds is 5. The van der Waals surface area contributed by atoms with E-state index in [9.17, 15) is 14.7 Å². The molecule has 0 aliphatic heterocycles. The molecule has 2 atom stereocenters. The third kappa shape index (κ3) is 3.90. The van der Waals surface area contributed by atoms with Gasteiger partial charge in [0.2, 0.25) is 0 Å². The zero-order valence-electron chi connectivity index (χ0n) is 11.0. The summed E-state index contributed by atoms with van der Waals surface area (Å²) in [5.74, 6) is -1.19. The van der Waals surface area contributed by atoms with E-state index in [2.05, 4.69) is 0 Å². The minimum absolute atomic E-state index is 0.570. The fourth-order valence-corrected chi connectivity index (χ4v) is 1.99. The second-order valence-electron chi connectivity index (χ2n) is 4.37. The predicted octanol–water partition coefficient (Wildman–Crippen LogP) is 2.77. The largest absolute Gasteiger partial charge is 0.448 e. The number of carbonyl (C=O) groups excluding carboxylic acids is 2. The molecule has 0 bridgehead atoms. The summed E-state index contributed by atoms with van der Waals surface area (Å²) in [5.41, 5.74) is 1.14. The van der Waals surface area contributed by atoms with Crippen LogP contribution >= 0.6 is 11.6 Å². The summed E-state index contributed by atoms with van der Waals surface area (Å²) in [4.78, 5) is 22.3. The van der Waals surface area contributed by atoms with Gasteiger partial charge in [-0.05, 0) is 22.7 Å². The summed E-state index contributed by atoms with van der Waals surface area (Å²) >= 11 is 5.12. The fourth-order valence-electron chi connectivity index (χ4n) is 1.94. The first kappa shape index (κ1) is 15.2. The normalized spacial score (nSPS) is 13.2. The molecule has 0 aliphatic carbocycles. The molecule has 2 aromatic carbocycles. The van der Waals surface area contributed by atoms with Crippen molar-refractivity contribution in [3.8, 4) is 0 Å². The lowest BCUT2D eigenvalue weighted by molar-refractivity contribution is -0.160. The predicted molar refractivity (Wildman–Crippen MR) is 77.5 cm³/mol. The quantitative estimate of drug-likeness (QED) is 0.524. The average Bonchev–Trinajstić information content (AvgIpc) is 2.53. The lowest BCUT2D eigenvalue weighted by Crippen LogP contribution is -2.21. The fraction of sp³-hybridized carbons (Fsp3) is 0.125. The number of hydrogen-bond donors (Lipinski definition) is 1. The van der Waals surface area contributed by atoms with E-state index in [-0.39, 0.29) is 0 Å². The van der Waals surface area contributed by atoms with Gasteiger partial charge in [0.15, 0.2) is 6.10 Å². The molecule has 4 nitrogen and oxygen atoms in total. The molecule has 0 aliphatic rings. The molecule has 0 heterocycles. The average molecular weight is 305 g/mol. The van der Waals surface area contributed by atoms with Gasteiger partial charge in [-0.1, -0.05) is 60.7 Å². The number of halogens is 1. The van der Waals surface area contributed by atoms with Crippen LogP contribution in [-0.2, 0) is 14.3 Å². The van der Waals surface area contributed by atoms with Crippen molar-refractivity contribution in [1.29, 1.82) is 0 Å². The van der Waals surface area contributed by atoms with Gasteiger partial charge in [0, 0.05) is 0 Å². The van der Waals surface area contributed by atoms with Gasteiger partial charge >= 0.3 is 11.2 Å². The highest BCUT2D eigenvalue weighted by Gasteiger charge is 2.28. The first-order chi connectivity index (χ1) is 10.1. The number of esters is 1. The molecule has 21 heavy (non-hydrogen) atoms. The van der Waals surface area contributed by atoms with E-state index in [1.165, 1.54) is 0 Å². The maximum absolute atomic E-state index is 11.4. The van der Waals surface area contributed by atoms with E-state index in [1.54, 1.807) is 54.6 Å². The van der Waals surface area contributed by atoms with E-state index in [0.29, 0.717) is 11.1 Å². The first-order valence-electron chi connectivity index (χ1n) is 6.28. The monoisotopic (exact) mass is 304 g/mol. The summed E-state index contributed by atoms with van der Waals surface area (Å²) in [6.45, 7) is 0. The van der Waals surface area contributed by atoms with Crippen LogP contribution in [0.3, 0.4) is 0 Å². The van der Waals surface area contributed by atoms with Crippen molar-refractivity contribution in [2.24, 2.45) is 0 Å². The van der Waals surface area contributed by atoms with Gasteiger partial charge in [0.25, 0.3) is 0 Å². The Morgan fingerprint density at radius 2 is 1.38 bits per heavy atom. The number of aliphatic hydroxyl groups is 1. The molecule has 0 saturated carbocycles. The second-order valence-corrected chi connectivity index (χ2v) is 4.71. The van der Waals surface area contributed by atoms with Gasteiger partial charge < -0.3 is 9.84 Å². The highest BCUT2D eigenvalue weighted by molar-refractivity contribution is 6.80. The second kappa shape index (κ2) is 7.02. The Morgan fingerprint density at radius 1 is 0.905 bits per heavy atom. The third-order valence-corrected chi connectivity index (χ3v) is 3.10. The molecular weight excluding hydrogens is 292 g/mol. The standard InChI is InChI=1S/C16H13ClO4/c17-15(19)16(20)21-14(12-9-5-2-6-10-12)13(18)11-7-3-1-4-8-11/h1-10,13-14,18H/t13-,14+/m0/s1. The molecule has 108 valence electrons. The van der Waals surface area contributed by atoms with Gasteiger partial charge in [-0.25, -0.2) is 4.79 Å². The molecule has 0 saturated heterocycles. The van der Waals surface area contributed by atoms with Crippen LogP contribution in [0.25, 0.3) is 0 Å². The van der Waals surface area contributed by atoms with E-state index < -0.39 is 23.4 Å². The third-order valence-electron chi connectivity index (χ3n) is 2.95. The van der Waals surface area contributed by atoms with Crippen LogP contribution in [0.15, 0.2) is 60.7 Å². The molecule has 5 heteroatoms. The smallest absolute Gasteiger partial charge is 0.392 e. The van der Waals surface area contributed by atoms with E-state index in [1.807, 2.05) is 6.07 Å². The molecule has 0 fully saturated rings. The molecule has 0 amide bonds. The van der Waals surface area contributed by atoms with Gasteiger partial charge in [0.1, 0.15) is 6.10 Å². The van der Waals surface area contributed by atoms with Crippen molar-refractivity contribution in [2.45, 2.75) is 12.2 Å². The number of ether oxygens (including phenoxy) is 1. The van der Waals surface area contributed by atoms with Crippen LogP contribution in [0.4, 0.5) is 0 Å². The van der Waals surface area contributed by atoms with Crippen LogP contribution < -0.4 is 0 Å². The van der Waals surface area contributed by atoms with Crippen LogP contribution in [0.1, 0.15) is 23.3 Å². The summed E-state index contributed by atoms with van der Waals surface area (Å²) < 4.78 is 5.04. The zero-order valence-corrected chi connectivity index (χ0v) is 11.7. The SMILES string of the molecule is O=C(Cl)C(=O)O[C@H](c1ccccc1)[C@@H](O)c1ccccc1. The van der Waals surface area contributed by atoms with Crippen molar-refractivity contribution in [3.05, 3.63) is 71.8 Å². The summed E-state index contributed by atoms with van der Waals surface area (Å²) in [5, 5.41) is 9.21. The Balaban J connectivity index is 2.32. The minimum Gasteiger partial charge on any atom is -0.448 e. The molecule has 1 N–H and O–H groups in total. The highest BCUT2D eigenvalue weighted by Crippen LogP contribution is 2.32. The van der Waals surface area contributed by atoms with E-state index >= 15 is 0 Å². The molecular formula is C16H13ClO4. The number of benzene rings is 2. The molecule has 2 aromatic rings. The van der Waals surface area contributed by atoms with Gasteiger partial charge in [-0.15, -0.1) is 0 Å². The van der Waals surface area contributed by atoms with Crippen LogP contribution in [0.5, 0.6) is 0 Å².